The average Bonchev–Trinajstić information content (AvgIpc) is 2.49. The molecule has 0 fully saturated rings. The van der Waals surface area contributed by atoms with Crippen LogP contribution in [0.15, 0.2) is 67.1 Å². The highest BCUT2D eigenvalue weighted by atomic mass is 16.5. The first kappa shape index (κ1) is 11.7. The van der Waals surface area contributed by atoms with Gasteiger partial charge in [-0.05, 0) is 24.3 Å². The lowest BCUT2D eigenvalue weighted by Gasteiger charge is -2.26. The third-order valence-corrected chi connectivity index (χ3v) is 3.07. The smallest absolute Gasteiger partial charge is 0.150 e. The molecular formula is C16H16N2O. The maximum Gasteiger partial charge on any atom is 0.150 e. The van der Waals surface area contributed by atoms with Crippen LogP contribution in [0.25, 0.3) is 0 Å². The lowest BCUT2D eigenvalue weighted by molar-refractivity contribution is 0.469. The van der Waals surface area contributed by atoms with Crippen LogP contribution in [-0.4, -0.2) is 13.1 Å². The van der Waals surface area contributed by atoms with Gasteiger partial charge in [0.25, 0.3) is 0 Å². The minimum Gasteiger partial charge on any atom is -0.461 e. The average molecular weight is 252 g/mol. The van der Waals surface area contributed by atoms with Crippen molar-refractivity contribution in [1.29, 1.82) is 0 Å². The Hall–Kier alpha value is -2.42. The van der Waals surface area contributed by atoms with Gasteiger partial charge in [0, 0.05) is 25.0 Å². The zero-order valence-corrected chi connectivity index (χ0v) is 10.6. The highest BCUT2D eigenvalue weighted by molar-refractivity contribution is 5.62. The summed E-state index contributed by atoms with van der Waals surface area (Å²) < 4.78 is 5.48. The van der Waals surface area contributed by atoms with Gasteiger partial charge in [-0.25, -0.2) is 0 Å². The van der Waals surface area contributed by atoms with Crippen LogP contribution in [0, 0.1) is 0 Å². The van der Waals surface area contributed by atoms with Crippen molar-refractivity contribution in [1.82, 2.24) is 0 Å². The van der Waals surface area contributed by atoms with Crippen LogP contribution >= 0.6 is 0 Å². The summed E-state index contributed by atoms with van der Waals surface area (Å²) in [5.74, 6) is 0.907. The van der Waals surface area contributed by atoms with Crippen LogP contribution in [0.3, 0.4) is 0 Å². The molecule has 0 radical (unpaired) electrons. The third-order valence-electron chi connectivity index (χ3n) is 3.07. The third kappa shape index (κ3) is 2.71. The van der Waals surface area contributed by atoms with Gasteiger partial charge in [0.1, 0.15) is 12.0 Å². The first-order valence-corrected chi connectivity index (χ1v) is 6.41. The molecule has 19 heavy (non-hydrogen) atoms. The molecule has 96 valence electrons. The quantitative estimate of drug-likeness (QED) is 0.901. The second-order valence-corrected chi connectivity index (χ2v) is 4.36. The van der Waals surface area contributed by atoms with Gasteiger partial charge in [-0.1, -0.05) is 30.3 Å². The van der Waals surface area contributed by atoms with E-state index < -0.39 is 0 Å². The molecule has 0 saturated carbocycles. The summed E-state index contributed by atoms with van der Waals surface area (Å²) in [6, 6.07) is 18.3. The normalized spacial score (nSPS) is 12.7. The van der Waals surface area contributed by atoms with E-state index in [0.717, 1.165) is 30.2 Å². The molecule has 2 aromatic rings. The van der Waals surface area contributed by atoms with Gasteiger partial charge in [-0.15, -0.1) is 0 Å². The van der Waals surface area contributed by atoms with Crippen molar-refractivity contribution in [2.75, 3.05) is 23.3 Å². The number of nitrogens with zero attached hydrogens (tertiary/aromatic N) is 1. The van der Waals surface area contributed by atoms with Crippen molar-refractivity contribution < 1.29 is 4.74 Å². The van der Waals surface area contributed by atoms with E-state index in [4.69, 9.17) is 4.74 Å². The van der Waals surface area contributed by atoms with Crippen LogP contribution in [0.1, 0.15) is 0 Å². The molecule has 0 bridgehead atoms. The standard InChI is InChI=1S/C16H16N2O/c1-2-6-14(7-3-1)17-10-11-18-12-13-19-16-9-5-4-8-15(16)18/h1-9,12-13,17H,10-11H2. The Bertz CT molecular complexity index is 566. The van der Waals surface area contributed by atoms with Crippen LogP contribution in [0.4, 0.5) is 11.4 Å². The van der Waals surface area contributed by atoms with E-state index >= 15 is 0 Å². The van der Waals surface area contributed by atoms with Crippen molar-refractivity contribution in [2.24, 2.45) is 0 Å². The van der Waals surface area contributed by atoms with Crippen molar-refractivity contribution in [3.63, 3.8) is 0 Å². The van der Waals surface area contributed by atoms with Gasteiger partial charge in [-0.3, -0.25) is 0 Å². The Kier molecular flexibility index (Phi) is 3.36. The molecule has 1 aliphatic rings. The predicted octanol–water partition coefficient (Wildman–Crippen LogP) is 3.47. The summed E-state index contributed by atoms with van der Waals surface area (Å²) in [4.78, 5) is 2.19. The fraction of sp³-hybridized carbons (Fsp3) is 0.125. The van der Waals surface area contributed by atoms with Crippen molar-refractivity contribution in [3.8, 4) is 5.75 Å². The Morgan fingerprint density at radius 2 is 1.74 bits per heavy atom. The lowest BCUT2D eigenvalue weighted by atomic mass is 10.2. The Balaban J connectivity index is 1.61. The van der Waals surface area contributed by atoms with Crippen molar-refractivity contribution in [2.45, 2.75) is 0 Å². The van der Waals surface area contributed by atoms with E-state index in [-0.39, 0.29) is 0 Å². The molecular weight excluding hydrogens is 236 g/mol. The van der Waals surface area contributed by atoms with Crippen molar-refractivity contribution >= 4 is 11.4 Å². The minimum atomic E-state index is 0.878. The molecule has 0 aromatic heterocycles. The summed E-state index contributed by atoms with van der Waals surface area (Å²) in [5, 5.41) is 3.41. The number of fused-ring (bicyclic) bond motifs is 1. The number of para-hydroxylation sites is 3. The van der Waals surface area contributed by atoms with Gasteiger partial charge in [0.2, 0.25) is 0 Å². The SMILES string of the molecule is C1=CN(CCNc2ccccc2)c2ccccc2O1. The topological polar surface area (TPSA) is 24.5 Å². The number of rotatable bonds is 4. The Labute approximate surface area is 113 Å². The molecule has 0 aliphatic carbocycles. The van der Waals surface area contributed by atoms with E-state index in [1.807, 2.05) is 42.6 Å². The molecule has 0 unspecified atom stereocenters. The molecule has 3 nitrogen and oxygen atoms in total. The molecule has 1 N–H and O–H groups in total. The van der Waals surface area contributed by atoms with E-state index in [1.165, 1.54) is 0 Å². The molecule has 3 rings (SSSR count). The van der Waals surface area contributed by atoms with E-state index in [2.05, 4.69) is 28.4 Å². The monoisotopic (exact) mass is 252 g/mol. The fourth-order valence-corrected chi connectivity index (χ4v) is 2.12. The van der Waals surface area contributed by atoms with Crippen LogP contribution < -0.4 is 15.0 Å². The first-order chi connectivity index (χ1) is 9.43. The second-order valence-electron chi connectivity index (χ2n) is 4.36. The number of hydrogen-bond donors (Lipinski definition) is 1. The summed E-state index contributed by atoms with van der Waals surface area (Å²) in [5.41, 5.74) is 2.26. The molecule has 0 amide bonds. The number of ether oxygens (including phenoxy) is 1. The van der Waals surface area contributed by atoms with Gasteiger partial charge in [0.15, 0.2) is 0 Å². The summed E-state index contributed by atoms with van der Waals surface area (Å²) in [6.07, 6.45) is 3.69. The van der Waals surface area contributed by atoms with Gasteiger partial charge >= 0.3 is 0 Å². The van der Waals surface area contributed by atoms with Gasteiger partial charge in [0.05, 0.1) is 5.69 Å². The zero-order valence-electron chi connectivity index (χ0n) is 10.6. The summed E-state index contributed by atoms with van der Waals surface area (Å²) >= 11 is 0. The molecule has 0 atom stereocenters. The summed E-state index contributed by atoms with van der Waals surface area (Å²) in [6.45, 7) is 1.77. The number of nitrogens with one attached hydrogen (secondary N) is 1. The maximum absolute atomic E-state index is 5.48. The van der Waals surface area contributed by atoms with Crippen LogP contribution in [0.5, 0.6) is 5.75 Å². The number of benzene rings is 2. The number of hydrogen-bond acceptors (Lipinski definition) is 3. The summed E-state index contributed by atoms with van der Waals surface area (Å²) in [7, 11) is 0. The molecule has 3 heteroatoms. The van der Waals surface area contributed by atoms with E-state index in [1.54, 1.807) is 6.26 Å². The Morgan fingerprint density at radius 1 is 0.947 bits per heavy atom. The zero-order chi connectivity index (χ0) is 12.9. The highest BCUT2D eigenvalue weighted by Gasteiger charge is 2.12. The molecule has 2 aromatic carbocycles. The molecule has 1 aliphatic heterocycles. The molecule has 1 heterocycles. The first-order valence-electron chi connectivity index (χ1n) is 6.41. The Morgan fingerprint density at radius 3 is 2.63 bits per heavy atom. The largest absolute Gasteiger partial charge is 0.461 e. The van der Waals surface area contributed by atoms with Crippen LogP contribution in [0.2, 0.25) is 0 Å². The molecule has 0 saturated heterocycles. The second kappa shape index (κ2) is 5.48. The molecule has 0 spiro atoms. The van der Waals surface area contributed by atoms with Crippen molar-refractivity contribution in [3.05, 3.63) is 67.1 Å². The highest BCUT2D eigenvalue weighted by Crippen LogP contribution is 2.30. The van der Waals surface area contributed by atoms with Crippen LogP contribution in [-0.2, 0) is 0 Å². The van der Waals surface area contributed by atoms with E-state index in [0.29, 0.717) is 0 Å². The minimum absolute atomic E-state index is 0.878. The number of anilines is 2. The van der Waals surface area contributed by atoms with E-state index in [9.17, 15) is 0 Å². The fourth-order valence-electron chi connectivity index (χ4n) is 2.12. The predicted molar refractivity (Wildman–Crippen MR) is 78.5 cm³/mol. The van der Waals surface area contributed by atoms with Gasteiger partial charge < -0.3 is 15.0 Å². The lowest BCUT2D eigenvalue weighted by Crippen LogP contribution is -2.26. The maximum atomic E-state index is 5.48. The van der Waals surface area contributed by atoms with Gasteiger partial charge in [-0.2, -0.15) is 0 Å².